The quantitative estimate of drug-likeness (QED) is 0.0401. The number of aromatic nitrogens is 5. The third-order valence-electron chi connectivity index (χ3n) is 18.4. The number of halogens is 2. The number of alkyl halides is 1. The van der Waals surface area contributed by atoms with Crippen molar-refractivity contribution in [3.63, 3.8) is 0 Å². The summed E-state index contributed by atoms with van der Waals surface area (Å²) in [5, 5.41) is 45.0. The third-order valence-corrected chi connectivity index (χ3v) is 19.4. The zero-order valence-corrected chi connectivity index (χ0v) is 49.5. The van der Waals surface area contributed by atoms with Crippen LogP contribution in [0.5, 0.6) is 11.8 Å². The monoisotopic (exact) mass is 1170 g/mol. The summed E-state index contributed by atoms with van der Waals surface area (Å²) in [7, 11) is 0. The lowest BCUT2D eigenvalue weighted by Gasteiger charge is -2.50. The summed E-state index contributed by atoms with van der Waals surface area (Å²) in [4.78, 5) is 53.3. The first-order valence-electron chi connectivity index (χ1n) is 29.7. The fourth-order valence-electron chi connectivity index (χ4n) is 14.1. The molecule has 18 nitrogen and oxygen atoms in total. The molecule has 9 heterocycles. The number of hydrogen-bond acceptors (Lipinski definition) is 18. The number of phenolic OH excluding ortho intramolecular Hbond substituents is 1. The summed E-state index contributed by atoms with van der Waals surface area (Å²) in [6.07, 6.45) is 6.07. The summed E-state index contributed by atoms with van der Waals surface area (Å²) in [6, 6.07) is 16.9. The molecule has 7 aromatic rings. The minimum atomic E-state index is -1.69. The Bertz CT molecular complexity index is 3590. The van der Waals surface area contributed by atoms with E-state index in [0.717, 1.165) is 50.9 Å². The molecule has 5 fully saturated rings. The molecule has 12 rings (SSSR count). The smallest absolute Gasteiger partial charge is 0.319 e. The van der Waals surface area contributed by atoms with E-state index in [1.165, 1.54) is 0 Å². The third kappa shape index (κ3) is 11.1. The van der Waals surface area contributed by atoms with E-state index in [9.17, 15) is 19.8 Å². The number of carbonyl (C=O) groups excluding carboxylic acids is 2. The normalized spacial score (nSPS) is 25.8. The van der Waals surface area contributed by atoms with Crippen molar-refractivity contribution in [3.8, 4) is 33.5 Å². The zero-order valence-electron chi connectivity index (χ0n) is 48.7. The summed E-state index contributed by atoms with van der Waals surface area (Å²) in [6.45, 7) is 15.4. The summed E-state index contributed by atoms with van der Waals surface area (Å²) in [5.41, 5.74) is 1.93. The number of carbonyl (C=O) groups is 2. The average Bonchev–Trinajstić information content (AvgIpc) is 4.19. The molecular weight excluding hydrogens is 1090 g/mol. The Hall–Kier alpha value is -6.75. The molecule has 0 saturated carbocycles. The number of aryl methyl sites for hydroxylation is 2. The van der Waals surface area contributed by atoms with E-state index in [1.807, 2.05) is 82.6 Å². The van der Waals surface area contributed by atoms with Crippen molar-refractivity contribution < 1.29 is 37.8 Å². The number of aliphatic hydroxyl groups is 1. The average molecular weight is 1170 g/mol. The molecule has 5 aliphatic heterocycles. The number of anilines is 2. The van der Waals surface area contributed by atoms with Crippen molar-refractivity contribution in [2.45, 2.75) is 152 Å². The number of thiazole rings is 1. The lowest BCUT2D eigenvalue weighted by Crippen LogP contribution is -2.63. The molecule has 5 unspecified atom stereocenters. The van der Waals surface area contributed by atoms with Crippen LogP contribution in [-0.4, -0.2) is 140 Å². The number of β-amino-alcohol motifs (C(OH)–C–C–N with tert-alkyl or cyclic N) is 1. The second kappa shape index (κ2) is 22.9. The summed E-state index contributed by atoms with van der Waals surface area (Å²) in [5.74, 6) is -0.525. The Morgan fingerprint density at radius 1 is 1.05 bits per heavy atom. The topological polar surface area (TPSA) is 228 Å². The van der Waals surface area contributed by atoms with Crippen LogP contribution in [0.4, 0.5) is 20.3 Å². The number of rotatable bonds is 18. The molecule has 3 aromatic carbocycles. The second-order valence-corrected chi connectivity index (χ2v) is 25.9. The maximum Gasteiger partial charge on any atom is 0.319 e. The van der Waals surface area contributed by atoms with Crippen molar-refractivity contribution in [1.29, 1.82) is 0 Å². The molecule has 2 bridgehead atoms. The van der Waals surface area contributed by atoms with Gasteiger partial charge in [0.05, 0.1) is 52.0 Å². The number of fused-ring (bicyclic) bond motifs is 4. The van der Waals surface area contributed by atoms with Gasteiger partial charge in [0.2, 0.25) is 5.91 Å². The fraction of sp³-hybridized carbons (Fsp3) is 0.508. The minimum absolute atomic E-state index is 0.00506. The van der Waals surface area contributed by atoms with E-state index < -0.39 is 46.0 Å². The number of aliphatic hydroxyl groups excluding tert-OH is 1. The Labute approximate surface area is 492 Å². The largest absolute Gasteiger partial charge is 0.508 e. The van der Waals surface area contributed by atoms with Gasteiger partial charge < -0.3 is 50.5 Å². The van der Waals surface area contributed by atoms with Crippen LogP contribution in [0.15, 0.2) is 77.0 Å². The highest BCUT2D eigenvalue weighted by Gasteiger charge is 2.54. The van der Waals surface area contributed by atoms with Gasteiger partial charge in [0.15, 0.2) is 22.9 Å². The zero-order chi connectivity index (χ0) is 58.7. The van der Waals surface area contributed by atoms with Gasteiger partial charge in [0.1, 0.15) is 34.1 Å². The highest BCUT2D eigenvalue weighted by molar-refractivity contribution is 7.13. The lowest BCUT2D eigenvalue weighted by atomic mass is 9.75. The maximum atomic E-state index is 17.8. The number of nitrogens with one attached hydrogen (secondary N) is 5. The molecule has 0 aliphatic carbocycles. The molecule has 4 aromatic heterocycles. The van der Waals surface area contributed by atoms with Gasteiger partial charge in [0, 0.05) is 93.8 Å². The van der Waals surface area contributed by atoms with Crippen molar-refractivity contribution in [2.24, 2.45) is 0 Å². The highest BCUT2D eigenvalue weighted by atomic mass is 32.1. The maximum absolute atomic E-state index is 17.8. The number of piperazine rings is 2. The molecule has 8 atom stereocenters. The predicted octanol–water partition coefficient (Wildman–Crippen LogP) is 8.31. The van der Waals surface area contributed by atoms with Crippen LogP contribution in [-0.2, 0) is 21.4 Å². The first kappa shape index (κ1) is 57.7. The summed E-state index contributed by atoms with van der Waals surface area (Å²) < 4.78 is 47.6. The lowest BCUT2D eigenvalue weighted by molar-refractivity contribution is -0.138. The molecule has 0 radical (unpaired) electrons. The number of ketones is 1. The van der Waals surface area contributed by atoms with Crippen LogP contribution in [0.3, 0.4) is 0 Å². The van der Waals surface area contributed by atoms with Crippen LogP contribution < -0.4 is 41.1 Å². The molecular formula is C63H76F2N12O6S. The SMILES string of the molecule is CCc1cccc2cc(O)cc(-c3ncc4c(N5CC6CCC(C5)N6)nc(OCCC5CC(F)(C[C@]6(C)CNCCN6c6cnoc6C(C)(C)CC(=O)[C@@]6(C(=O)N[C@@H](C)c7ccc(-c8scnc8C)cc7)CC(O)CN6)CCN5)nc4c3F)c12. The first-order valence-corrected chi connectivity index (χ1v) is 30.6. The predicted molar refractivity (Wildman–Crippen MR) is 321 cm³/mol. The van der Waals surface area contributed by atoms with Gasteiger partial charge in [-0.2, -0.15) is 9.97 Å². The van der Waals surface area contributed by atoms with E-state index in [-0.39, 0.29) is 92.1 Å². The van der Waals surface area contributed by atoms with Crippen molar-refractivity contribution >= 4 is 56.2 Å². The molecule has 7 N–H and O–H groups in total. The molecule has 21 heteroatoms. The second-order valence-electron chi connectivity index (χ2n) is 25.1. The number of benzene rings is 3. The molecule has 444 valence electrons. The minimum Gasteiger partial charge on any atom is -0.508 e. The first-order chi connectivity index (χ1) is 40.3. The number of hydrogen-bond donors (Lipinski definition) is 7. The van der Waals surface area contributed by atoms with Gasteiger partial charge in [-0.05, 0) is 105 Å². The van der Waals surface area contributed by atoms with E-state index in [1.54, 1.807) is 35.9 Å². The number of pyridine rings is 1. The standard InChI is InChI=1S/C63H76F2N12O6S/c1-7-38-9-8-10-41-23-45(78)24-47(51(38)41)53-52(64)54-48(29-68-53)57(76-31-43-15-16-44(32-76)73-43)75-59(74-54)82-22-17-42-25-62(65,18-19-67-42)33-61(6)34-66-20-21-77(61)49-30-71-83-56(49)60(4,5)27-50(80)63(26-46(79)28-70-63)58(81)72-36(2)39-11-13-40(14-12-39)55-37(3)69-35-84-55/h8-14,23-24,29-30,35-36,42-44,46,66-67,70,73,78-79H,7,15-22,25-28,31-34H2,1-6H3,(H,72,81)/t36-,42?,43?,44?,46?,61+,62?,63+/m0/s1. The number of Topliss-reactive ketones (excluding diaryl/α,β-unsaturated/α-hetero) is 1. The van der Waals surface area contributed by atoms with Gasteiger partial charge in [0.25, 0.3) is 0 Å². The number of phenols is 1. The van der Waals surface area contributed by atoms with Gasteiger partial charge in [-0.15, -0.1) is 11.3 Å². The number of amides is 1. The fourth-order valence-corrected chi connectivity index (χ4v) is 14.9. The van der Waals surface area contributed by atoms with Crippen LogP contribution in [0.1, 0.15) is 115 Å². The molecule has 84 heavy (non-hydrogen) atoms. The Morgan fingerprint density at radius 2 is 1.85 bits per heavy atom. The van der Waals surface area contributed by atoms with Crippen LogP contribution in [0, 0.1) is 12.7 Å². The molecule has 5 saturated heterocycles. The van der Waals surface area contributed by atoms with Gasteiger partial charge in [-0.25, -0.2) is 13.8 Å². The van der Waals surface area contributed by atoms with Crippen LogP contribution in [0.2, 0.25) is 0 Å². The Morgan fingerprint density at radius 3 is 2.58 bits per heavy atom. The van der Waals surface area contributed by atoms with E-state index >= 15 is 8.78 Å². The van der Waals surface area contributed by atoms with Gasteiger partial charge >= 0.3 is 6.01 Å². The Balaban J connectivity index is 0.738. The number of ether oxygens (including phenoxy) is 1. The van der Waals surface area contributed by atoms with Gasteiger partial charge in [-0.1, -0.05) is 68.4 Å². The number of nitrogens with zero attached hydrogens (tertiary/aromatic N) is 7. The van der Waals surface area contributed by atoms with E-state index in [0.29, 0.717) is 80.3 Å². The van der Waals surface area contributed by atoms with Crippen LogP contribution in [0.25, 0.3) is 43.4 Å². The Kier molecular flexibility index (Phi) is 15.7. The van der Waals surface area contributed by atoms with E-state index in [4.69, 9.17) is 24.2 Å². The highest BCUT2D eigenvalue weighted by Crippen LogP contribution is 2.45. The molecule has 5 aliphatic rings. The van der Waals surface area contributed by atoms with Gasteiger partial charge in [-0.3, -0.25) is 19.9 Å². The van der Waals surface area contributed by atoms with Crippen molar-refractivity contribution in [2.75, 3.05) is 62.2 Å². The summed E-state index contributed by atoms with van der Waals surface area (Å²) >= 11 is 1.57. The number of aromatic hydroxyl groups is 1. The molecule has 0 spiro atoms. The van der Waals surface area contributed by atoms with Crippen LogP contribution >= 0.6 is 11.3 Å². The molecule has 1 amide bonds. The van der Waals surface area contributed by atoms with E-state index in [2.05, 4.69) is 53.4 Å². The van der Waals surface area contributed by atoms with Crippen molar-refractivity contribution in [1.82, 2.24) is 51.7 Å². The van der Waals surface area contributed by atoms with Crippen molar-refractivity contribution in [3.05, 3.63) is 101 Å². The number of piperidine rings is 1.